The summed E-state index contributed by atoms with van der Waals surface area (Å²) < 4.78 is 0. The van der Waals surface area contributed by atoms with Gasteiger partial charge in [-0.25, -0.2) is 0 Å². The van der Waals surface area contributed by atoms with Crippen LogP contribution in [0.1, 0.15) is 30.6 Å². The first-order valence-electron chi connectivity index (χ1n) is 7.49. The minimum atomic E-state index is -0.487. The fraction of sp³-hybridized carbons (Fsp3) is 0.562. The largest absolute Gasteiger partial charge is 0.399 e. The number of aryl methyl sites for hydroxylation is 1. The van der Waals surface area contributed by atoms with E-state index in [1.54, 1.807) is 6.92 Å². The van der Waals surface area contributed by atoms with Crippen LogP contribution in [-0.4, -0.2) is 53.5 Å². The average Bonchev–Trinajstić information content (AvgIpc) is 2.48. The Morgan fingerprint density at radius 1 is 1.33 bits per heavy atom. The molecule has 1 saturated heterocycles. The smallest absolute Gasteiger partial charge is 0.219 e. The monoisotopic (exact) mass is 291 g/mol. The molecule has 1 amide bonds. The van der Waals surface area contributed by atoms with Gasteiger partial charge in [0.15, 0.2) is 0 Å². The zero-order chi connectivity index (χ0) is 15.4. The summed E-state index contributed by atoms with van der Waals surface area (Å²) in [5.41, 5.74) is 8.51. The van der Waals surface area contributed by atoms with Crippen molar-refractivity contribution in [3.63, 3.8) is 0 Å². The van der Waals surface area contributed by atoms with Crippen LogP contribution < -0.4 is 5.73 Å². The number of carbonyl (C=O) groups excluding carboxylic acids is 1. The highest BCUT2D eigenvalue weighted by molar-refractivity contribution is 5.73. The van der Waals surface area contributed by atoms with E-state index in [1.165, 1.54) is 0 Å². The van der Waals surface area contributed by atoms with E-state index in [0.717, 1.165) is 49.5 Å². The standard InChI is InChI=1S/C16H25N3O2/c1-12-3-4-14(11-15(12)17)16(21)5-6-18-7-9-19(10-8-18)13(2)20/h3-4,11,16,21H,5-10,17H2,1-2H3. The number of piperazine rings is 1. The fourth-order valence-electron chi connectivity index (χ4n) is 2.62. The molecule has 0 saturated carbocycles. The molecule has 0 aromatic heterocycles. The quantitative estimate of drug-likeness (QED) is 0.817. The number of carbonyl (C=O) groups is 1. The van der Waals surface area contributed by atoms with Gasteiger partial charge in [-0.2, -0.15) is 0 Å². The average molecular weight is 291 g/mol. The Balaban J connectivity index is 1.80. The maximum absolute atomic E-state index is 11.3. The van der Waals surface area contributed by atoms with Crippen LogP contribution in [0.3, 0.4) is 0 Å². The van der Waals surface area contributed by atoms with Crippen LogP contribution in [0.4, 0.5) is 5.69 Å². The van der Waals surface area contributed by atoms with E-state index in [0.29, 0.717) is 6.42 Å². The molecule has 1 aliphatic rings. The molecule has 1 aromatic carbocycles. The Bertz CT molecular complexity index is 496. The number of amides is 1. The highest BCUT2D eigenvalue weighted by atomic mass is 16.3. The summed E-state index contributed by atoms with van der Waals surface area (Å²) in [5, 5.41) is 10.3. The van der Waals surface area contributed by atoms with E-state index in [-0.39, 0.29) is 5.91 Å². The Labute approximate surface area is 126 Å². The molecule has 0 bridgehead atoms. The van der Waals surface area contributed by atoms with Crippen LogP contribution in [-0.2, 0) is 4.79 Å². The second-order valence-electron chi connectivity index (χ2n) is 5.77. The number of aliphatic hydroxyl groups is 1. The third-order valence-corrected chi connectivity index (χ3v) is 4.22. The summed E-state index contributed by atoms with van der Waals surface area (Å²) in [4.78, 5) is 15.4. The predicted molar refractivity (Wildman–Crippen MR) is 83.9 cm³/mol. The Kier molecular flexibility index (Phi) is 5.20. The molecule has 0 aliphatic carbocycles. The van der Waals surface area contributed by atoms with Crippen LogP contribution >= 0.6 is 0 Å². The number of anilines is 1. The maximum atomic E-state index is 11.3. The van der Waals surface area contributed by atoms with Gasteiger partial charge in [0.05, 0.1) is 6.10 Å². The molecule has 1 fully saturated rings. The molecule has 0 spiro atoms. The first kappa shape index (κ1) is 15.8. The van der Waals surface area contributed by atoms with E-state index in [4.69, 9.17) is 5.73 Å². The third-order valence-electron chi connectivity index (χ3n) is 4.22. The summed E-state index contributed by atoms with van der Waals surface area (Å²) in [6, 6.07) is 5.73. The van der Waals surface area contributed by atoms with Crippen molar-refractivity contribution < 1.29 is 9.90 Å². The summed E-state index contributed by atoms with van der Waals surface area (Å²) in [7, 11) is 0. The second kappa shape index (κ2) is 6.91. The van der Waals surface area contributed by atoms with Crippen molar-refractivity contribution in [2.75, 3.05) is 38.5 Å². The summed E-state index contributed by atoms with van der Waals surface area (Å²) in [5.74, 6) is 0.143. The molecule has 116 valence electrons. The summed E-state index contributed by atoms with van der Waals surface area (Å²) >= 11 is 0. The van der Waals surface area contributed by atoms with E-state index >= 15 is 0 Å². The van der Waals surface area contributed by atoms with E-state index in [9.17, 15) is 9.90 Å². The van der Waals surface area contributed by atoms with Gasteiger partial charge < -0.3 is 15.7 Å². The molecule has 1 aliphatic heterocycles. The van der Waals surface area contributed by atoms with Crippen LogP contribution in [0.2, 0.25) is 0 Å². The lowest BCUT2D eigenvalue weighted by Gasteiger charge is -2.34. The number of nitrogens with zero attached hydrogens (tertiary/aromatic N) is 2. The fourth-order valence-corrected chi connectivity index (χ4v) is 2.62. The van der Waals surface area contributed by atoms with Gasteiger partial charge in [0, 0.05) is 45.3 Å². The molecular weight excluding hydrogens is 266 g/mol. The van der Waals surface area contributed by atoms with Gasteiger partial charge in [-0.15, -0.1) is 0 Å². The lowest BCUT2D eigenvalue weighted by molar-refractivity contribution is -0.130. The van der Waals surface area contributed by atoms with Crippen LogP contribution in [0.25, 0.3) is 0 Å². The van der Waals surface area contributed by atoms with Crippen LogP contribution in [0, 0.1) is 6.92 Å². The molecule has 5 nitrogen and oxygen atoms in total. The van der Waals surface area contributed by atoms with Crippen LogP contribution in [0.5, 0.6) is 0 Å². The van der Waals surface area contributed by atoms with Crippen molar-refractivity contribution in [2.24, 2.45) is 0 Å². The number of aliphatic hydroxyl groups excluding tert-OH is 1. The number of hydrogen-bond acceptors (Lipinski definition) is 4. The van der Waals surface area contributed by atoms with E-state index < -0.39 is 6.10 Å². The highest BCUT2D eigenvalue weighted by Gasteiger charge is 2.19. The topological polar surface area (TPSA) is 69.8 Å². The van der Waals surface area contributed by atoms with Crippen molar-refractivity contribution in [3.05, 3.63) is 29.3 Å². The molecule has 1 atom stereocenters. The number of nitrogens with two attached hydrogens (primary N) is 1. The zero-order valence-corrected chi connectivity index (χ0v) is 12.9. The molecule has 5 heteroatoms. The number of hydrogen-bond donors (Lipinski definition) is 2. The Hall–Kier alpha value is -1.59. The summed E-state index contributed by atoms with van der Waals surface area (Å²) in [6.07, 6.45) is 0.196. The Morgan fingerprint density at radius 3 is 2.57 bits per heavy atom. The molecule has 1 heterocycles. The van der Waals surface area contributed by atoms with Crippen molar-refractivity contribution in [2.45, 2.75) is 26.4 Å². The van der Waals surface area contributed by atoms with Gasteiger partial charge in [0.2, 0.25) is 5.91 Å². The van der Waals surface area contributed by atoms with Gasteiger partial charge >= 0.3 is 0 Å². The van der Waals surface area contributed by atoms with Crippen molar-refractivity contribution in [1.29, 1.82) is 0 Å². The highest BCUT2D eigenvalue weighted by Crippen LogP contribution is 2.21. The molecule has 2 rings (SSSR count). The van der Waals surface area contributed by atoms with Crippen LogP contribution in [0.15, 0.2) is 18.2 Å². The zero-order valence-electron chi connectivity index (χ0n) is 12.9. The van der Waals surface area contributed by atoms with Crippen molar-refractivity contribution in [1.82, 2.24) is 9.80 Å². The number of benzene rings is 1. The normalized spacial score (nSPS) is 17.8. The minimum Gasteiger partial charge on any atom is -0.399 e. The number of nitrogen functional groups attached to an aromatic ring is 1. The molecule has 1 aromatic rings. The molecule has 0 radical (unpaired) electrons. The second-order valence-corrected chi connectivity index (χ2v) is 5.77. The maximum Gasteiger partial charge on any atom is 0.219 e. The Morgan fingerprint density at radius 2 is 2.00 bits per heavy atom. The predicted octanol–water partition coefficient (Wildman–Crippen LogP) is 1.16. The molecular formula is C16H25N3O2. The van der Waals surface area contributed by atoms with Crippen molar-refractivity contribution >= 4 is 11.6 Å². The first-order valence-corrected chi connectivity index (χ1v) is 7.49. The minimum absolute atomic E-state index is 0.143. The van der Waals surface area contributed by atoms with Gasteiger partial charge in [-0.05, 0) is 30.5 Å². The van der Waals surface area contributed by atoms with Gasteiger partial charge in [0.1, 0.15) is 0 Å². The van der Waals surface area contributed by atoms with Crippen molar-refractivity contribution in [3.8, 4) is 0 Å². The molecule has 3 N–H and O–H groups in total. The lowest BCUT2D eigenvalue weighted by Crippen LogP contribution is -2.48. The SMILES string of the molecule is CC(=O)N1CCN(CCC(O)c2ccc(C)c(N)c2)CC1. The summed E-state index contributed by atoms with van der Waals surface area (Å²) in [6.45, 7) is 7.72. The molecule has 21 heavy (non-hydrogen) atoms. The number of rotatable bonds is 4. The molecule has 1 unspecified atom stereocenters. The third kappa shape index (κ3) is 4.19. The lowest BCUT2D eigenvalue weighted by atomic mass is 10.0. The van der Waals surface area contributed by atoms with Gasteiger partial charge in [-0.3, -0.25) is 9.69 Å². The van der Waals surface area contributed by atoms with E-state index in [2.05, 4.69) is 4.90 Å². The van der Waals surface area contributed by atoms with Gasteiger partial charge in [-0.1, -0.05) is 12.1 Å². The van der Waals surface area contributed by atoms with E-state index in [1.807, 2.05) is 30.0 Å². The van der Waals surface area contributed by atoms with Gasteiger partial charge in [0.25, 0.3) is 0 Å². The first-order chi connectivity index (χ1) is 9.97.